The van der Waals surface area contributed by atoms with Crippen molar-refractivity contribution >= 4 is 65.2 Å². The van der Waals surface area contributed by atoms with Crippen molar-refractivity contribution in [2.24, 2.45) is 0 Å². The summed E-state index contributed by atoms with van der Waals surface area (Å²) in [5, 5.41) is 15.1. The first-order chi connectivity index (χ1) is 31.3. The van der Waals surface area contributed by atoms with E-state index in [1.54, 1.807) is 0 Å². The standard InChI is InChI=1S/C63H59NS/c1-61(2,3)48-33-30-46(31-34-48)54(53(44-22-13-9-14-23-44)40-43-20-11-8-12-21-43)41-55(52-28-19-29-57-60(52)59-51-27-18-17-24-45(51)32-39-58(59)65-57)63(7,42-56(64)47-25-15-10-16-26-47)50-37-35-49(36-38-50)62(4,5)6/h8-41,55,64H,42H2,1-7H3/t55-,63?/m1/s1. The normalized spacial score (nSPS) is 14.1. The summed E-state index contributed by atoms with van der Waals surface area (Å²) in [7, 11) is 0. The van der Waals surface area contributed by atoms with Crippen LogP contribution >= 0.6 is 11.3 Å². The Hall–Kier alpha value is -6.61. The summed E-state index contributed by atoms with van der Waals surface area (Å²) in [4.78, 5) is 0. The van der Waals surface area contributed by atoms with Gasteiger partial charge in [0.1, 0.15) is 0 Å². The Balaban J connectivity index is 1.42. The molecule has 0 radical (unpaired) electrons. The van der Waals surface area contributed by atoms with Gasteiger partial charge in [0.25, 0.3) is 0 Å². The highest BCUT2D eigenvalue weighted by Gasteiger charge is 2.39. The molecule has 1 N–H and O–H groups in total. The molecule has 0 saturated heterocycles. The van der Waals surface area contributed by atoms with Crippen LogP contribution < -0.4 is 0 Å². The fraction of sp³-hybridized carbons (Fsp3) is 0.190. The van der Waals surface area contributed by atoms with Crippen molar-refractivity contribution in [3.05, 3.63) is 245 Å². The molecule has 9 rings (SSSR count). The van der Waals surface area contributed by atoms with Crippen LogP contribution in [-0.4, -0.2) is 5.71 Å². The first-order valence-corrected chi connectivity index (χ1v) is 23.8. The average molecular weight is 862 g/mol. The molecule has 1 unspecified atom stereocenters. The lowest BCUT2D eigenvalue weighted by molar-refractivity contribution is 0.441. The number of hydrogen-bond acceptors (Lipinski definition) is 2. The van der Waals surface area contributed by atoms with Gasteiger partial charge in [-0.2, -0.15) is 0 Å². The van der Waals surface area contributed by atoms with Crippen LogP contribution in [0.4, 0.5) is 0 Å². The lowest BCUT2D eigenvalue weighted by Crippen LogP contribution is -2.33. The Kier molecular flexibility index (Phi) is 11.9. The summed E-state index contributed by atoms with van der Waals surface area (Å²) in [6.07, 6.45) is 5.48. The van der Waals surface area contributed by atoms with Crippen LogP contribution in [0.5, 0.6) is 0 Å². The van der Waals surface area contributed by atoms with Gasteiger partial charge in [0, 0.05) is 37.2 Å². The molecule has 0 aliphatic heterocycles. The molecule has 0 spiro atoms. The van der Waals surface area contributed by atoms with E-state index in [0.29, 0.717) is 12.1 Å². The zero-order valence-corrected chi connectivity index (χ0v) is 39.6. The van der Waals surface area contributed by atoms with E-state index in [2.05, 4.69) is 249 Å². The van der Waals surface area contributed by atoms with Crippen molar-refractivity contribution in [3.8, 4) is 0 Å². The number of nitrogens with one attached hydrogen (secondary N) is 1. The van der Waals surface area contributed by atoms with Crippen molar-refractivity contribution < 1.29 is 0 Å². The van der Waals surface area contributed by atoms with Gasteiger partial charge < -0.3 is 5.41 Å². The average Bonchev–Trinajstić information content (AvgIpc) is 3.72. The molecule has 0 amide bonds. The Morgan fingerprint density at radius 3 is 1.63 bits per heavy atom. The molecule has 2 atom stereocenters. The smallest absolute Gasteiger partial charge is 0.0395 e. The third kappa shape index (κ3) is 8.93. The third-order valence-corrected chi connectivity index (χ3v) is 14.5. The minimum Gasteiger partial charge on any atom is -0.305 e. The topological polar surface area (TPSA) is 23.9 Å². The lowest BCUT2D eigenvalue weighted by Gasteiger charge is -2.39. The lowest BCUT2D eigenvalue weighted by atomic mass is 9.64. The Bertz CT molecular complexity index is 3170. The third-order valence-electron chi connectivity index (χ3n) is 13.4. The molecule has 0 fully saturated rings. The molecule has 1 heterocycles. The van der Waals surface area contributed by atoms with Crippen LogP contribution in [0.2, 0.25) is 0 Å². The van der Waals surface area contributed by atoms with Crippen LogP contribution in [0.25, 0.3) is 48.2 Å². The fourth-order valence-electron chi connectivity index (χ4n) is 9.65. The van der Waals surface area contributed by atoms with Gasteiger partial charge in [-0.15, -0.1) is 11.3 Å². The summed E-state index contributed by atoms with van der Waals surface area (Å²) in [6.45, 7) is 16.1. The van der Waals surface area contributed by atoms with Crippen LogP contribution in [0.15, 0.2) is 200 Å². The molecule has 1 aromatic heterocycles. The molecule has 322 valence electrons. The van der Waals surface area contributed by atoms with Crippen molar-refractivity contribution in [3.63, 3.8) is 0 Å². The Morgan fingerprint density at radius 2 is 1.00 bits per heavy atom. The van der Waals surface area contributed by atoms with E-state index in [4.69, 9.17) is 0 Å². The number of benzene rings is 8. The highest BCUT2D eigenvalue weighted by atomic mass is 32.1. The predicted octanol–water partition coefficient (Wildman–Crippen LogP) is 17.6. The molecule has 65 heavy (non-hydrogen) atoms. The molecular formula is C63H59NS. The predicted molar refractivity (Wildman–Crippen MR) is 284 cm³/mol. The Morgan fingerprint density at radius 1 is 0.477 bits per heavy atom. The van der Waals surface area contributed by atoms with Crippen molar-refractivity contribution in [1.82, 2.24) is 0 Å². The maximum atomic E-state index is 9.97. The summed E-state index contributed by atoms with van der Waals surface area (Å²) >= 11 is 1.88. The first kappa shape index (κ1) is 43.6. The molecule has 0 aliphatic rings. The number of fused-ring (bicyclic) bond motifs is 5. The fourth-order valence-corrected chi connectivity index (χ4v) is 10.8. The van der Waals surface area contributed by atoms with Crippen molar-refractivity contribution in [2.45, 2.75) is 77.0 Å². The molecule has 8 aromatic carbocycles. The summed E-state index contributed by atoms with van der Waals surface area (Å²) < 4.78 is 2.56. The molecular weight excluding hydrogens is 803 g/mol. The zero-order chi connectivity index (χ0) is 45.3. The van der Waals surface area contributed by atoms with Gasteiger partial charge in [0.2, 0.25) is 0 Å². The van der Waals surface area contributed by atoms with Crippen molar-refractivity contribution in [1.29, 1.82) is 5.41 Å². The van der Waals surface area contributed by atoms with Crippen LogP contribution in [-0.2, 0) is 16.2 Å². The summed E-state index contributed by atoms with van der Waals surface area (Å²) in [5.74, 6) is -0.201. The molecule has 9 aromatic rings. The molecule has 0 aliphatic carbocycles. The number of hydrogen-bond donors (Lipinski definition) is 1. The number of rotatable bonds is 11. The number of thiophene rings is 1. The van der Waals surface area contributed by atoms with E-state index in [0.717, 1.165) is 33.4 Å². The quantitative estimate of drug-likeness (QED) is 0.0761. The van der Waals surface area contributed by atoms with E-state index >= 15 is 0 Å². The van der Waals surface area contributed by atoms with Crippen molar-refractivity contribution in [2.75, 3.05) is 0 Å². The second-order valence-electron chi connectivity index (χ2n) is 20.0. The van der Waals surface area contributed by atoms with Gasteiger partial charge in [0.15, 0.2) is 0 Å². The first-order valence-electron chi connectivity index (χ1n) is 23.0. The molecule has 0 bridgehead atoms. The second-order valence-corrected chi connectivity index (χ2v) is 21.1. The van der Waals surface area contributed by atoms with Crippen LogP contribution in [0, 0.1) is 5.41 Å². The maximum absolute atomic E-state index is 9.97. The number of allylic oxidation sites excluding steroid dienone is 3. The van der Waals surface area contributed by atoms with Crippen LogP contribution in [0.1, 0.15) is 105 Å². The Labute approximate surface area is 390 Å². The second kappa shape index (κ2) is 17.8. The zero-order valence-electron chi connectivity index (χ0n) is 38.8. The van der Waals surface area contributed by atoms with Gasteiger partial charge in [-0.1, -0.05) is 237 Å². The monoisotopic (exact) mass is 861 g/mol. The molecule has 2 heteroatoms. The summed E-state index contributed by atoms with van der Waals surface area (Å²) in [6, 6.07) is 71.0. The largest absolute Gasteiger partial charge is 0.305 e. The van der Waals surface area contributed by atoms with Crippen LogP contribution in [0.3, 0.4) is 0 Å². The van der Waals surface area contributed by atoms with Gasteiger partial charge in [-0.25, -0.2) is 0 Å². The SMILES string of the molecule is CC(C)(C)c1ccc(C(=C[C@H](c2cccc3sc4ccc5ccccc5c4c23)C(C)(CC(=N)c2ccccc2)c2ccc(C(C)(C)C)cc2)C(=Cc2ccccc2)c2ccccc2)cc1. The maximum Gasteiger partial charge on any atom is 0.0395 e. The van der Waals surface area contributed by atoms with E-state index in [-0.39, 0.29) is 16.7 Å². The minimum atomic E-state index is -0.596. The molecule has 1 nitrogen and oxygen atoms in total. The van der Waals surface area contributed by atoms with E-state index in [1.165, 1.54) is 53.2 Å². The van der Waals surface area contributed by atoms with E-state index < -0.39 is 5.41 Å². The van der Waals surface area contributed by atoms with Gasteiger partial charge >= 0.3 is 0 Å². The van der Waals surface area contributed by atoms with E-state index in [9.17, 15) is 5.41 Å². The van der Waals surface area contributed by atoms with Gasteiger partial charge in [0.05, 0.1) is 0 Å². The molecule has 0 saturated carbocycles. The highest BCUT2D eigenvalue weighted by molar-refractivity contribution is 7.26. The minimum absolute atomic E-state index is 0.00109. The summed E-state index contributed by atoms with van der Waals surface area (Å²) in [5.41, 5.74) is 11.8. The highest BCUT2D eigenvalue weighted by Crippen LogP contribution is 2.51. The van der Waals surface area contributed by atoms with E-state index in [1.807, 2.05) is 17.4 Å². The van der Waals surface area contributed by atoms with Gasteiger partial charge in [-0.05, 0) is 102 Å². The van der Waals surface area contributed by atoms with Gasteiger partial charge in [-0.3, -0.25) is 0 Å².